The number of aromatic nitrogens is 1. The number of benzene rings is 1. The highest BCUT2D eigenvalue weighted by molar-refractivity contribution is 7.91. The molecule has 1 aromatic carbocycles. The lowest BCUT2D eigenvalue weighted by atomic mass is 10.1. The van der Waals surface area contributed by atoms with Crippen molar-refractivity contribution in [1.29, 1.82) is 5.26 Å². The lowest BCUT2D eigenvalue weighted by molar-refractivity contribution is 0.0920. The minimum atomic E-state index is -3.00. The molecule has 2 aromatic rings. The third-order valence-corrected chi connectivity index (χ3v) is 6.44. The number of carbonyl (C=O) groups is 1. The van der Waals surface area contributed by atoms with Gasteiger partial charge in [-0.1, -0.05) is 6.07 Å². The van der Waals surface area contributed by atoms with Gasteiger partial charge in [0.05, 0.1) is 23.1 Å². The van der Waals surface area contributed by atoms with Crippen molar-refractivity contribution >= 4 is 15.6 Å². The van der Waals surface area contributed by atoms with Crippen LogP contribution in [0.2, 0.25) is 0 Å². The Kier molecular flexibility index (Phi) is 4.88. The largest absolute Gasteiger partial charge is 0.485 e. The summed E-state index contributed by atoms with van der Waals surface area (Å²) in [4.78, 5) is 12.6. The summed E-state index contributed by atoms with van der Waals surface area (Å²) in [5.74, 6) is 0.603. The van der Waals surface area contributed by atoms with Crippen LogP contribution in [-0.2, 0) is 9.84 Å². The Hall–Kier alpha value is -2.59. The molecule has 0 N–H and O–H groups in total. The average molecular weight is 372 g/mol. The number of aryl methyl sites for hydroxylation is 1. The lowest BCUT2D eigenvalue weighted by Gasteiger charge is -2.16. The van der Waals surface area contributed by atoms with Crippen LogP contribution in [-0.4, -0.2) is 36.9 Å². The second-order valence-electron chi connectivity index (χ2n) is 6.56. The first-order valence-corrected chi connectivity index (χ1v) is 10.2. The van der Waals surface area contributed by atoms with Crippen molar-refractivity contribution in [1.82, 2.24) is 4.57 Å². The highest BCUT2D eigenvalue weighted by Crippen LogP contribution is 2.29. The van der Waals surface area contributed by atoms with Gasteiger partial charge in [0.1, 0.15) is 5.75 Å². The second-order valence-corrected chi connectivity index (χ2v) is 8.79. The molecule has 0 bridgehead atoms. The predicted octanol–water partition coefficient (Wildman–Crippen LogP) is 2.60. The molecule has 2 heterocycles. The van der Waals surface area contributed by atoms with Crippen molar-refractivity contribution in [2.75, 3.05) is 18.1 Å². The van der Waals surface area contributed by atoms with Crippen LogP contribution in [0, 0.1) is 25.2 Å². The number of ketones is 1. The summed E-state index contributed by atoms with van der Waals surface area (Å²) in [7, 11) is -3.00. The van der Waals surface area contributed by atoms with E-state index in [4.69, 9.17) is 10.00 Å². The molecule has 1 aliphatic heterocycles. The lowest BCUT2D eigenvalue weighted by Crippen LogP contribution is -2.16. The van der Waals surface area contributed by atoms with E-state index in [1.165, 1.54) is 0 Å². The average Bonchev–Trinajstić information content (AvgIpc) is 3.11. The van der Waals surface area contributed by atoms with Crippen molar-refractivity contribution in [3.63, 3.8) is 0 Å². The second kappa shape index (κ2) is 6.96. The van der Waals surface area contributed by atoms with Gasteiger partial charge >= 0.3 is 0 Å². The molecule has 3 rings (SSSR count). The van der Waals surface area contributed by atoms with E-state index in [9.17, 15) is 13.2 Å². The molecule has 0 aliphatic carbocycles. The summed E-state index contributed by atoms with van der Waals surface area (Å²) in [5.41, 5.74) is 2.65. The van der Waals surface area contributed by atoms with Gasteiger partial charge in [0.2, 0.25) is 5.78 Å². The fourth-order valence-corrected chi connectivity index (χ4v) is 5.18. The molecule has 0 radical (unpaired) electrons. The van der Waals surface area contributed by atoms with Gasteiger partial charge in [-0.05, 0) is 44.5 Å². The third kappa shape index (κ3) is 3.65. The first kappa shape index (κ1) is 18.2. The minimum absolute atomic E-state index is 0.116. The molecule has 6 nitrogen and oxygen atoms in total. The van der Waals surface area contributed by atoms with E-state index in [0.29, 0.717) is 23.3 Å². The molecule has 0 amide bonds. The normalized spacial score (nSPS) is 18.4. The van der Waals surface area contributed by atoms with Crippen LogP contribution in [0.1, 0.15) is 39.8 Å². The standard InChI is InChI=1S/C19H20N2O4S/c1-13-8-18(14(2)21(13)16-6-7-26(23,24)12-16)19(22)11-25-17-5-3-4-15(9-17)10-20/h3-5,8-9,16H,6-7,11-12H2,1-2H3/t16-/m1/s1. The first-order valence-electron chi connectivity index (χ1n) is 8.36. The van der Waals surface area contributed by atoms with Gasteiger partial charge in [-0.25, -0.2) is 8.42 Å². The number of nitrogens with zero attached hydrogens (tertiary/aromatic N) is 2. The van der Waals surface area contributed by atoms with Crippen LogP contribution < -0.4 is 4.74 Å². The molecule has 1 atom stereocenters. The first-order chi connectivity index (χ1) is 12.3. The van der Waals surface area contributed by atoms with Crippen molar-refractivity contribution in [3.05, 3.63) is 52.8 Å². The number of Topliss-reactive ketones (excluding diaryl/α,β-unsaturated/α-hetero) is 1. The number of sulfone groups is 1. The zero-order chi connectivity index (χ0) is 18.9. The SMILES string of the molecule is Cc1cc(C(=O)COc2cccc(C#N)c2)c(C)n1[C@@H]1CCS(=O)(=O)C1. The highest BCUT2D eigenvalue weighted by Gasteiger charge is 2.31. The summed E-state index contributed by atoms with van der Waals surface area (Å²) in [5, 5.41) is 8.91. The number of nitriles is 1. The molecular formula is C19H20N2O4S. The van der Waals surface area contributed by atoms with Crippen molar-refractivity contribution in [2.45, 2.75) is 26.3 Å². The third-order valence-electron chi connectivity index (χ3n) is 4.69. The Morgan fingerprint density at radius 2 is 2.12 bits per heavy atom. The maximum absolute atomic E-state index is 12.6. The molecule has 26 heavy (non-hydrogen) atoms. The Morgan fingerprint density at radius 1 is 1.35 bits per heavy atom. The molecule has 0 saturated carbocycles. The molecule has 0 unspecified atom stereocenters. The highest BCUT2D eigenvalue weighted by atomic mass is 32.2. The van der Waals surface area contributed by atoms with Crippen LogP contribution in [0.4, 0.5) is 0 Å². The van der Waals surface area contributed by atoms with Crippen LogP contribution in [0.25, 0.3) is 0 Å². The van der Waals surface area contributed by atoms with Crippen LogP contribution in [0.5, 0.6) is 5.75 Å². The van der Waals surface area contributed by atoms with Crippen molar-refractivity contribution < 1.29 is 17.9 Å². The minimum Gasteiger partial charge on any atom is -0.485 e. The Balaban J connectivity index is 1.76. The van der Waals surface area contributed by atoms with Crippen LogP contribution in [0.3, 0.4) is 0 Å². The number of ether oxygens (including phenoxy) is 1. The number of hydrogen-bond acceptors (Lipinski definition) is 5. The smallest absolute Gasteiger partial charge is 0.202 e. The maximum Gasteiger partial charge on any atom is 0.202 e. The van der Waals surface area contributed by atoms with Gasteiger partial charge in [-0.2, -0.15) is 5.26 Å². The van der Waals surface area contributed by atoms with Gasteiger partial charge < -0.3 is 9.30 Å². The fraction of sp³-hybridized carbons (Fsp3) is 0.368. The van der Waals surface area contributed by atoms with Gasteiger partial charge in [0.15, 0.2) is 16.4 Å². The molecule has 0 spiro atoms. The Bertz CT molecular complexity index is 999. The molecule has 1 aromatic heterocycles. The van der Waals surface area contributed by atoms with E-state index in [2.05, 4.69) is 0 Å². The zero-order valence-corrected chi connectivity index (χ0v) is 15.5. The molecule has 1 fully saturated rings. The Labute approximate surface area is 152 Å². The van der Waals surface area contributed by atoms with Gasteiger partial charge in [-0.15, -0.1) is 0 Å². The van der Waals surface area contributed by atoms with E-state index >= 15 is 0 Å². The van der Waals surface area contributed by atoms with Gasteiger partial charge in [0.25, 0.3) is 0 Å². The Morgan fingerprint density at radius 3 is 2.77 bits per heavy atom. The van der Waals surface area contributed by atoms with Crippen LogP contribution >= 0.6 is 0 Å². The fourth-order valence-electron chi connectivity index (χ4n) is 3.48. The summed E-state index contributed by atoms with van der Waals surface area (Å²) < 4.78 is 31.0. The number of hydrogen-bond donors (Lipinski definition) is 0. The summed E-state index contributed by atoms with van der Waals surface area (Å²) in [6.45, 7) is 3.58. The van der Waals surface area contributed by atoms with Gasteiger partial charge in [0, 0.05) is 23.0 Å². The van der Waals surface area contributed by atoms with Crippen molar-refractivity contribution in [2.24, 2.45) is 0 Å². The number of rotatable bonds is 5. The van der Waals surface area contributed by atoms with E-state index in [1.54, 1.807) is 30.3 Å². The maximum atomic E-state index is 12.6. The van der Waals surface area contributed by atoms with Crippen molar-refractivity contribution in [3.8, 4) is 11.8 Å². The zero-order valence-electron chi connectivity index (χ0n) is 14.7. The molecule has 7 heteroatoms. The van der Waals surface area contributed by atoms with E-state index in [0.717, 1.165) is 11.4 Å². The molecule has 1 aliphatic rings. The number of carbonyl (C=O) groups excluding carboxylic acids is 1. The topological polar surface area (TPSA) is 89.2 Å². The summed E-state index contributed by atoms with van der Waals surface area (Å²) in [6.07, 6.45) is 0.573. The van der Waals surface area contributed by atoms with Gasteiger partial charge in [-0.3, -0.25) is 4.79 Å². The van der Waals surface area contributed by atoms with E-state index in [-0.39, 0.29) is 29.9 Å². The van der Waals surface area contributed by atoms with E-state index in [1.807, 2.05) is 24.5 Å². The molecule has 136 valence electrons. The van der Waals surface area contributed by atoms with Crippen LogP contribution in [0.15, 0.2) is 30.3 Å². The van der Waals surface area contributed by atoms with E-state index < -0.39 is 9.84 Å². The summed E-state index contributed by atoms with van der Waals surface area (Å²) >= 11 is 0. The predicted molar refractivity (Wildman–Crippen MR) is 97.2 cm³/mol. The molecule has 1 saturated heterocycles. The monoisotopic (exact) mass is 372 g/mol. The summed E-state index contributed by atoms with van der Waals surface area (Å²) in [6, 6.07) is 10.3. The molecular weight excluding hydrogens is 352 g/mol. The quantitative estimate of drug-likeness (QED) is 0.753.